The third-order valence-electron chi connectivity index (χ3n) is 8.03. The molecule has 7 nitrogen and oxygen atoms in total. The highest BCUT2D eigenvalue weighted by molar-refractivity contribution is 5.73. The first-order chi connectivity index (χ1) is 20.2. The number of hydrogen-bond acceptors (Lipinski definition) is 5. The summed E-state index contributed by atoms with van der Waals surface area (Å²) in [4.78, 5) is 14.8. The van der Waals surface area contributed by atoms with Crippen LogP contribution < -0.4 is 10.6 Å². The monoisotopic (exact) mass is 557 g/mol. The van der Waals surface area contributed by atoms with E-state index in [0.717, 1.165) is 53.9 Å². The number of aliphatic hydroxyl groups is 1. The molecule has 3 aromatic rings. The van der Waals surface area contributed by atoms with Gasteiger partial charge in [0.25, 0.3) is 0 Å². The highest BCUT2D eigenvalue weighted by Crippen LogP contribution is 2.38. The lowest BCUT2D eigenvalue weighted by atomic mass is 9.99. The molecule has 0 radical (unpaired) electrons. The molecule has 3 atom stereocenters. The zero-order valence-electron chi connectivity index (χ0n) is 23.8. The Morgan fingerprint density at radius 3 is 1.98 bits per heavy atom. The van der Waals surface area contributed by atoms with E-state index < -0.39 is 6.29 Å². The Balaban J connectivity index is 1.21. The Morgan fingerprint density at radius 1 is 0.732 bits per heavy atom. The summed E-state index contributed by atoms with van der Waals surface area (Å²) in [5, 5.41) is 15.3. The summed E-state index contributed by atoms with van der Waals surface area (Å²) in [7, 11) is 0. The Hall–Kier alpha value is -3.23. The minimum atomic E-state index is -0.470. The van der Waals surface area contributed by atoms with Crippen LogP contribution in [0.2, 0.25) is 0 Å². The van der Waals surface area contributed by atoms with Crippen LogP contribution in [0.4, 0.5) is 4.79 Å². The summed E-state index contributed by atoms with van der Waals surface area (Å²) in [5.41, 5.74) is 5.04. The van der Waals surface area contributed by atoms with Crippen LogP contribution in [0.25, 0.3) is 0 Å². The van der Waals surface area contributed by atoms with E-state index >= 15 is 0 Å². The van der Waals surface area contributed by atoms with Crippen molar-refractivity contribution in [3.8, 4) is 0 Å². The van der Waals surface area contributed by atoms with E-state index in [2.05, 4.69) is 27.7 Å². The number of urea groups is 1. The zero-order chi connectivity index (χ0) is 28.3. The van der Waals surface area contributed by atoms with Gasteiger partial charge in [0.2, 0.25) is 0 Å². The second kappa shape index (κ2) is 15.1. The Bertz CT molecular complexity index is 1190. The zero-order valence-corrected chi connectivity index (χ0v) is 23.8. The molecule has 0 bridgehead atoms. The number of nitrogens with one attached hydrogen (secondary N) is 2. The van der Waals surface area contributed by atoms with Gasteiger partial charge in [0.15, 0.2) is 6.29 Å². The van der Waals surface area contributed by atoms with Crippen molar-refractivity contribution in [2.75, 3.05) is 19.6 Å². The highest BCUT2D eigenvalue weighted by atomic mass is 16.7. The maximum absolute atomic E-state index is 12.3. The molecule has 2 aliphatic rings. The predicted octanol–water partition coefficient (Wildman–Crippen LogP) is 5.99. The maximum atomic E-state index is 12.3. The van der Waals surface area contributed by atoms with Gasteiger partial charge in [-0.1, -0.05) is 98.1 Å². The van der Waals surface area contributed by atoms with Gasteiger partial charge >= 0.3 is 6.03 Å². The number of hydrogen-bond donors (Lipinski definition) is 3. The molecule has 0 spiro atoms. The largest absolute Gasteiger partial charge is 0.392 e. The third kappa shape index (κ3) is 8.88. The summed E-state index contributed by atoms with van der Waals surface area (Å²) in [6, 6.07) is 25.8. The molecular weight excluding hydrogens is 514 g/mol. The van der Waals surface area contributed by atoms with Crippen molar-refractivity contribution in [3.05, 3.63) is 107 Å². The maximum Gasteiger partial charge on any atom is 0.315 e. The van der Waals surface area contributed by atoms with E-state index in [0.29, 0.717) is 13.1 Å². The van der Waals surface area contributed by atoms with E-state index in [-0.39, 0.29) is 24.8 Å². The van der Waals surface area contributed by atoms with E-state index in [1.807, 2.05) is 66.7 Å². The molecule has 41 heavy (non-hydrogen) atoms. The number of benzene rings is 3. The van der Waals surface area contributed by atoms with Crippen LogP contribution in [-0.2, 0) is 29.2 Å². The fourth-order valence-corrected chi connectivity index (χ4v) is 5.63. The van der Waals surface area contributed by atoms with Gasteiger partial charge in [0, 0.05) is 31.6 Å². The lowest BCUT2D eigenvalue weighted by Gasteiger charge is -2.38. The fraction of sp³-hybridized carbons (Fsp3) is 0.441. The van der Waals surface area contributed by atoms with Crippen molar-refractivity contribution in [1.29, 1.82) is 0 Å². The molecule has 2 fully saturated rings. The molecule has 2 aliphatic heterocycles. The minimum absolute atomic E-state index is 0.0328. The summed E-state index contributed by atoms with van der Waals surface area (Å²) in [6.07, 6.45) is 6.76. The number of amides is 2. The molecule has 3 aromatic carbocycles. The first kappa shape index (κ1) is 29.3. The first-order valence-corrected chi connectivity index (χ1v) is 15.0. The van der Waals surface area contributed by atoms with Crippen LogP contribution >= 0.6 is 0 Å². The fourth-order valence-electron chi connectivity index (χ4n) is 5.63. The quantitative estimate of drug-likeness (QED) is 0.301. The second-order valence-electron chi connectivity index (χ2n) is 11.2. The normalized spacial score (nSPS) is 21.9. The second-order valence-corrected chi connectivity index (χ2v) is 11.2. The Morgan fingerprint density at radius 2 is 1.32 bits per heavy atom. The molecule has 7 heteroatoms. The van der Waals surface area contributed by atoms with Gasteiger partial charge in [-0.05, 0) is 48.2 Å². The molecule has 218 valence electrons. The lowest BCUT2D eigenvalue weighted by molar-refractivity contribution is -0.253. The van der Waals surface area contributed by atoms with Gasteiger partial charge in [-0.15, -0.1) is 0 Å². The van der Waals surface area contributed by atoms with Crippen molar-refractivity contribution in [2.24, 2.45) is 0 Å². The van der Waals surface area contributed by atoms with Crippen LogP contribution in [0, 0.1) is 0 Å². The van der Waals surface area contributed by atoms with Crippen LogP contribution in [0.5, 0.6) is 0 Å². The third-order valence-corrected chi connectivity index (χ3v) is 8.03. The average molecular weight is 558 g/mol. The Kier molecular flexibility index (Phi) is 10.8. The number of carbonyl (C=O) groups excluding carboxylic acids is 1. The number of aliphatic hydroxyl groups excluding tert-OH is 1. The van der Waals surface area contributed by atoms with E-state index in [1.165, 1.54) is 32.1 Å². The van der Waals surface area contributed by atoms with Crippen molar-refractivity contribution in [2.45, 2.75) is 76.7 Å². The van der Waals surface area contributed by atoms with Gasteiger partial charge in [0.05, 0.1) is 18.8 Å². The number of ether oxygens (including phenoxy) is 2. The summed E-state index contributed by atoms with van der Waals surface area (Å²) in [5.74, 6) is 0. The van der Waals surface area contributed by atoms with Crippen molar-refractivity contribution in [3.63, 3.8) is 0 Å². The first-order valence-electron chi connectivity index (χ1n) is 15.0. The van der Waals surface area contributed by atoms with Crippen molar-refractivity contribution in [1.82, 2.24) is 15.5 Å². The predicted molar refractivity (Wildman–Crippen MR) is 160 cm³/mol. The molecule has 2 saturated heterocycles. The summed E-state index contributed by atoms with van der Waals surface area (Å²) < 4.78 is 13.1. The van der Waals surface area contributed by atoms with E-state index in [4.69, 9.17) is 9.47 Å². The molecule has 2 heterocycles. The number of rotatable bonds is 9. The molecule has 5 rings (SSSR count). The van der Waals surface area contributed by atoms with Crippen molar-refractivity contribution >= 4 is 6.03 Å². The van der Waals surface area contributed by atoms with E-state index in [1.54, 1.807) is 0 Å². The van der Waals surface area contributed by atoms with Crippen LogP contribution in [0.3, 0.4) is 0 Å². The molecule has 0 aromatic heterocycles. The van der Waals surface area contributed by atoms with Gasteiger partial charge in [0.1, 0.15) is 0 Å². The van der Waals surface area contributed by atoms with Gasteiger partial charge in [-0.25, -0.2) is 4.79 Å². The summed E-state index contributed by atoms with van der Waals surface area (Å²) >= 11 is 0. The molecule has 3 N–H and O–H groups in total. The van der Waals surface area contributed by atoms with Gasteiger partial charge in [-0.2, -0.15) is 0 Å². The number of carbonyl (C=O) groups is 1. The highest BCUT2D eigenvalue weighted by Gasteiger charge is 2.33. The van der Waals surface area contributed by atoms with Gasteiger partial charge < -0.3 is 30.1 Å². The van der Waals surface area contributed by atoms with Gasteiger partial charge in [-0.3, -0.25) is 0 Å². The molecule has 2 amide bonds. The van der Waals surface area contributed by atoms with E-state index in [9.17, 15) is 9.90 Å². The average Bonchev–Trinajstić information content (AvgIpc) is 3.01. The topological polar surface area (TPSA) is 83.1 Å². The van der Waals surface area contributed by atoms with Crippen LogP contribution in [0.15, 0.2) is 78.9 Å². The SMILES string of the molecule is O=C(NCc1ccccc1)NCc1ccc([C@@H]2O[C@H](CN3CCCCCCC3)C[C@H](c3ccc(CO)cc3)O2)cc1. The smallest absolute Gasteiger partial charge is 0.315 e. The van der Waals surface area contributed by atoms with Crippen molar-refractivity contribution < 1.29 is 19.4 Å². The summed E-state index contributed by atoms with van der Waals surface area (Å²) in [6.45, 7) is 4.12. The standard InChI is InChI=1S/C34H43N3O4/c38-25-28-13-15-29(16-14-28)32-21-31(24-37-19-7-2-1-3-8-20-37)40-33(41-32)30-17-11-27(12-18-30)23-36-34(39)35-22-26-9-5-4-6-10-26/h4-6,9-18,31-33,38H,1-3,7-8,19-25H2,(H2,35,36,39)/t31-,32+,33+/m0/s1. The lowest BCUT2D eigenvalue weighted by Crippen LogP contribution is -2.40. The Labute approximate surface area is 243 Å². The molecule has 0 saturated carbocycles. The molecular formula is C34H43N3O4. The number of likely N-dealkylation sites (tertiary alicyclic amines) is 1. The minimum Gasteiger partial charge on any atom is -0.392 e. The van der Waals surface area contributed by atoms with Crippen LogP contribution in [0.1, 0.15) is 78.7 Å². The molecule has 0 aliphatic carbocycles. The van der Waals surface area contributed by atoms with Crippen LogP contribution in [-0.4, -0.2) is 41.8 Å². The molecule has 0 unspecified atom stereocenters. The number of nitrogens with zero attached hydrogens (tertiary/aromatic N) is 1.